The van der Waals surface area contributed by atoms with Crippen molar-refractivity contribution in [2.24, 2.45) is 0 Å². The molecule has 0 bridgehead atoms. The second-order valence-corrected chi connectivity index (χ2v) is 3.72. The van der Waals surface area contributed by atoms with E-state index in [1.165, 1.54) is 6.92 Å². The number of carbonyl (C=O) groups excluding carboxylic acids is 1. The summed E-state index contributed by atoms with van der Waals surface area (Å²) in [4.78, 5) is 11.7. The minimum absolute atomic E-state index is 0.0833. The molecule has 0 spiro atoms. The summed E-state index contributed by atoms with van der Waals surface area (Å²) in [5.74, 6) is 0.940. The van der Waals surface area contributed by atoms with Gasteiger partial charge in [0.1, 0.15) is 17.1 Å². The lowest BCUT2D eigenvalue weighted by atomic mass is 10.0. The first kappa shape index (κ1) is 13.4. The predicted molar refractivity (Wildman–Crippen MR) is 67.9 cm³/mol. The SMILES string of the molecule is CCOc1cc(N)c(C)c(OCC)c1C(C)=O. The molecule has 94 valence electrons. The molecule has 0 amide bonds. The maximum Gasteiger partial charge on any atom is 0.167 e. The summed E-state index contributed by atoms with van der Waals surface area (Å²) in [5.41, 5.74) is 7.70. The number of ketones is 1. The summed E-state index contributed by atoms with van der Waals surface area (Å²) >= 11 is 0. The first-order valence-corrected chi connectivity index (χ1v) is 5.72. The Labute approximate surface area is 102 Å². The molecule has 0 saturated carbocycles. The Morgan fingerprint density at radius 1 is 1.29 bits per heavy atom. The molecule has 4 nitrogen and oxygen atoms in total. The van der Waals surface area contributed by atoms with E-state index in [0.717, 1.165) is 5.56 Å². The van der Waals surface area contributed by atoms with Crippen molar-refractivity contribution in [2.45, 2.75) is 27.7 Å². The van der Waals surface area contributed by atoms with Crippen LogP contribution >= 0.6 is 0 Å². The number of carbonyl (C=O) groups is 1. The smallest absolute Gasteiger partial charge is 0.167 e. The molecule has 0 aliphatic rings. The number of Topliss-reactive ketones (excluding diaryl/α,β-unsaturated/α-hetero) is 1. The third-order valence-corrected chi connectivity index (χ3v) is 2.47. The van der Waals surface area contributed by atoms with Crippen LogP contribution in [0.3, 0.4) is 0 Å². The van der Waals surface area contributed by atoms with Crippen molar-refractivity contribution in [3.8, 4) is 11.5 Å². The Bertz CT molecular complexity index is 427. The molecule has 0 heterocycles. The highest BCUT2D eigenvalue weighted by Crippen LogP contribution is 2.36. The van der Waals surface area contributed by atoms with E-state index >= 15 is 0 Å². The minimum Gasteiger partial charge on any atom is -0.493 e. The molecule has 0 aliphatic carbocycles. The fraction of sp³-hybridized carbons (Fsp3) is 0.462. The van der Waals surface area contributed by atoms with Gasteiger partial charge < -0.3 is 15.2 Å². The van der Waals surface area contributed by atoms with Crippen molar-refractivity contribution in [3.63, 3.8) is 0 Å². The van der Waals surface area contributed by atoms with Crippen LogP contribution in [-0.4, -0.2) is 19.0 Å². The molecule has 1 aromatic carbocycles. The molecule has 0 fully saturated rings. The van der Waals surface area contributed by atoms with Gasteiger partial charge in [-0.2, -0.15) is 0 Å². The van der Waals surface area contributed by atoms with Crippen LogP contribution in [0.25, 0.3) is 0 Å². The van der Waals surface area contributed by atoms with E-state index in [-0.39, 0.29) is 5.78 Å². The summed E-state index contributed by atoms with van der Waals surface area (Å²) in [7, 11) is 0. The van der Waals surface area contributed by atoms with Gasteiger partial charge in [0.05, 0.1) is 13.2 Å². The van der Waals surface area contributed by atoms with Gasteiger partial charge in [0, 0.05) is 17.3 Å². The van der Waals surface area contributed by atoms with Gasteiger partial charge in [-0.25, -0.2) is 0 Å². The molecule has 1 aromatic rings. The Morgan fingerprint density at radius 2 is 1.88 bits per heavy atom. The van der Waals surface area contributed by atoms with Gasteiger partial charge in [-0.1, -0.05) is 0 Å². The van der Waals surface area contributed by atoms with Crippen LogP contribution in [0.4, 0.5) is 5.69 Å². The molecule has 0 unspecified atom stereocenters. The highest BCUT2D eigenvalue weighted by atomic mass is 16.5. The fourth-order valence-corrected chi connectivity index (χ4v) is 1.68. The summed E-state index contributed by atoms with van der Waals surface area (Å²) in [6, 6.07) is 1.68. The van der Waals surface area contributed by atoms with Crippen LogP contribution in [0.5, 0.6) is 11.5 Å². The number of nitrogens with two attached hydrogens (primary N) is 1. The minimum atomic E-state index is -0.0833. The molecule has 17 heavy (non-hydrogen) atoms. The number of anilines is 1. The zero-order chi connectivity index (χ0) is 13.0. The van der Waals surface area contributed by atoms with Gasteiger partial charge in [-0.15, -0.1) is 0 Å². The number of rotatable bonds is 5. The summed E-state index contributed by atoms with van der Waals surface area (Å²) in [6.45, 7) is 8.02. The standard InChI is InChI=1S/C13H19NO3/c1-5-16-11-7-10(14)8(3)13(17-6-2)12(11)9(4)15/h7H,5-6,14H2,1-4H3. The molecule has 2 N–H and O–H groups in total. The third kappa shape index (κ3) is 2.70. The second-order valence-electron chi connectivity index (χ2n) is 3.72. The van der Waals surface area contributed by atoms with E-state index < -0.39 is 0 Å². The van der Waals surface area contributed by atoms with Crippen LogP contribution in [-0.2, 0) is 0 Å². The van der Waals surface area contributed by atoms with Gasteiger partial charge >= 0.3 is 0 Å². The lowest BCUT2D eigenvalue weighted by Gasteiger charge is -2.17. The largest absolute Gasteiger partial charge is 0.493 e. The summed E-state index contributed by atoms with van der Waals surface area (Å²) in [6.07, 6.45) is 0. The molecule has 0 aromatic heterocycles. The molecule has 0 atom stereocenters. The molecule has 0 radical (unpaired) electrons. The predicted octanol–water partition coefficient (Wildman–Crippen LogP) is 2.58. The van der Waals surface area contributed by atoms with Gasteiger partial charge in [-0.3, -0.25) is 4.79 Å². The average Bonchev–Trinajstić information content (AvgIpc) is 2.25. The summed E-state index contributed by atoms with van der Waals surface area (Å²) in [5, 5.41) is 0. The molecular formula is C13H19NO3. The van der Waals surface area contributed by atoms with Gasteiger partial charge in [0.2, 0.25) is 0 Å². The van der Waals surface area contributed by atoms with E-state index in [0.29, 0.717) is 36.0 Å². The Morgan fingerprint density at radius 3 is 2.35 bits per heavy atom. The van der Waals surface area contributed by atoms with Crippen molar-refractivity contribution in [2.75, 3.05) is 18.9 Å². The monoisotopic (exact) mass is 237 g/mol. The van der Waals surface area contributed by atoms with E-state index in [1.807, 2.05) is 20.8 Å². The average molecular weight is 237 g/mol. The van der Waals surface area contributed by atoms with Crippen molar-refractivity contribution >= 4 is 11.5 Å². The quantitative estimate of drug-likeness (QED) is 0.631. The van der Waals surface area contributed by atoms with Crippen molar-refractivity contribution < 1.29 is 14.3 Å². The highest BCUT2D eigenvalue weighted by molar-refractivity contribution is 6.01. The molecule has 0 saturated heterocycles. The maximum atomic E-state index is 11.7. The van der Waals surface area contributed by atoms with Crippen LogP contribution in [0.1, 0.15) is 36.7 Å². The van der Waals surface area contributed by atoms with E-state index in [1.54, 1.807) is 6.07 Å². The van der Waals surface area contributed by atoms with Crippen LogP contribution in [0.15, 0.2) is 6.07 Å². The van der Waals surface area contributed by atoms with Gasteiger partial charge in [0.25, 0.3) is 0 Å². The van der Waals surface area contributed by atoms with E-state index in [4.69, 9.17) is 15.2 Å². The van der Waals surface area contributed by atoms with E-state index in [9.17, 15) is 4.79 Å². The molecule has 1 rings (SSSR count). The van der Waals surface area contributed by atoms with Gasteiger partial charge in [0.15, 0.2) is 5.78 Å². The van der Waals surface area contributed by atoms with Crippen LogP contribution < -0.4 is 15.2 Å². The maximum absolute atomic E-state index is 11.7. The summed E-state index contributed by atoms with van der Waals surface area (Å²) < 4.78 is 11.0. The number of nitrogen functional groups attached to an aromatic ring is 1. The number of hydrogen-bond donors (Lipinski definition) is 1. The lowest BCUT2D eigenvalue weighted by molar-refractivity contribution is 0.101. The second kappa shape index (κ2) is 5.57. The highest BCUT2D eigenvalue weighted by Gasteiger charge is 2.19. The van der Waals surface area contributed by atoms with Crippen molar-refractivity contribution in [1.29, 1.82) is 0 Å². The molecular weight excluding hydrogens is 218 g/mol. The first-order valence-electron chi connectivity index (χ1n) is 5.72. The third-order valence-electron chi connectivity index (χ3n) is 2.47. The number of ether oxygens (including phenoxy) is 2. The fourth-order valence-electron chi connectivity index (χ4n) is 1.68. The molecule has 4 heteroatoms. The Balaban J connectivity index is 3.45. The zero-order valence-corrected chi connectivity index (χ0v) is 10.8. The van der Waals surface area contributed by atoms with Gasteiger partial charge in [-0.05, 0) is 27.7 Å². The number of hydrogen-bond acceptors (Lipinski definition) is 4. The van der Waals surface area contributed by atoms with Crippen molar-refractivity contribution in [3.05, 3.63) is 17.2 Å². The lowest BCUT2D eigenvalue weighted by Crippen LogP contribution is -2.08. The van der Waals surface area contributed by atoms with E-state index in [2.05, 4.69) is 0 Å². The topological polar surface area (TPSA) is 61.6 Å². The molecule has 0 aliphatic heterocycles. The van der Waals surface area contributed by atoms with Crippen LogP contribution in [0, 0.1) is 6.92 Å². The van der Waals surface area contributed by atoms with Crippen molar-refractivity contribution in [1.82, 2.24) is 0 Å². The Kier molecular flexibility index (Phi) is 4.37. The zero-order valence-electron chi connectivity index (χ0n) is 10.8. The Hall–Kier alpha value is -1.71. The normalized spacial score (nSPS) is 10.1. The number of benzene rings is 1. The van der Waals surface area contributed by atoms with Crippen LogP contribution in [0.2, 0.25) is 0 Å². The first-order chi connectivity index (χ1) is 8.02.